The van der Waals surface area contributed by atoms with Gasteiger partial charge in [-0.05, 0) is 42.5 Å². The Balaban J connectivity index is 1.58. The lowest BCUT2D eigenvalue weighted by molar-refractivity contribution is -0.137. The van der Waals surface area contributed by atoms with Crippen molar-refractivity contribution in [1.82, 2.24) is 4.57 Å². The second-order valence-corrected chi connectivity index (χ2v) is 6.51. The molecule has 1 saturated heterocycles. The maximum absolute atomic E-state index is 12.8. The minimum atomic E-state index is -4.34. The number of benzene rings is 2. The zero-order valence-corrected chi connectivity index (χ0v) is 15.2. The molecule has 2 heterocycles. The van der Waals surface area contributed by atoms with Crippen LogP contribution in [0.1, 0.15) is 17.4 Å². The van der Waals surface area contributed by atoms with E-state index in [1.165, 1.54) is 12.1 Å². The predicted molar refractivity (Wildman–Crippen MR) is 99.8 cm³/mol. The van der Waals surface area contributed by atoms with Gasteiger partial charge in [0.15, 0.2) is 6.23 Å². The van der Waals surface area contributed by atoms with E-state index in [9.17, 15) is 13.2 Å². The zero-order valence-electron chi connectivity index (χ0n) is 15.2. The Bertz CT molecular complexity index is 951. The van der Waals surface area contributed by atoms with E-state index in [0.29, 0.717) is 12.3 Å². The number of nitrogens with zero attached hydrogens (tertiary/aromatic N) is 2. The largest absolute Gasteiger partial charge is 0.497 e. The van der Waals surface area contributed by atoms with Gasteiger partial charge < -0.3 is 18.9 Å². The van der Waals surface area contributed by atoms with Crippen molar-refractivity contribution in [3.05, 3.63) is 78.1 Å². The number of halogens is 3. The lowest BCUT2D eigenvalue weighted by Gasteiger charge is -2.25. The van der Waals surface area contributed by atoms with Crippen LogP contribution >= 0.6 is 0 Å². The highest BCUT2D eigenvalue weighted by Gasteiger charge is 2.30. The van der Waals surface area contributed by atoms with Gasteiger partial charge in [0.05, 0.1) is 19.3 Å². The van der Waals surface area contributed by atoms with Gasteiger partial charge in [-0.15, -0.1) is 0 Å². The van der Waals surface area contributed by atoms with Gasteiger partial charge in [0.25, 0.3) is 0 Å². The van der Waals surface area contributed by atoms with Crippen LogP contribution in [0.3, 0.4) is 0 Å². The highest BCUT2D eigenvalue weighted by molar-refractivity contribution is 5.53. The molecule has 7 heteroatoms. The molecule has 146 valence electrons. The smallest absolute Gasteiger partial charge is 0.416 e. The van der Waals surface area contributed by atoms with Gasteiger partial charge in [0.2, 0.25) is 0 Å². The molecule has 0 N–H and O–H groups in total. The summed E-state index contributed by atoms with van der Waals surface area (Å²) in [4.78, 5) is 2.13. The summed E-state index contributed by atoms with van der Waals surface area (Å²) in [6, 6.07) is 14.8. The molecule has 0 bridgehead atoms. The Labute approximate surface area is 160 Å². The molecule has 0 unspecified atom stereocenters. The average molecular weight is 388 g/mol. The molecular weight excluding hydrogens is 369 g/mol. The summed E-state index contributed by atoms with van der Waals surface area (Å²) >= 11 is 0. The van der Waals surface area contributed by atoms with E-state index in [-0.39, 0.29) is 6.23 Å². The van der Waals surface area contributed by atoms with Crippen LogP contribution < -0.4 is 9.64 Å². The van der Waals surface area contributed by atoms with E-state index < -0.39 is 11.7 Å². The normalized spacial score (nSPS) is 17.1. The zero-order chi connectivity index (χ0) is 19.7. The van der Waals surface area contributed by atoms with Crippen LogP contribution in [-0.4, -0.2) is 24.8 Å². The van der Waals surface area contributed by atoms with Gasteiger partial charge in [0, 0.05) is 41.9 Å². The molecule has 1 fully saturated rings. The maximum atomic E-state index is 12.8. The summed E-state index contributed by atoms with van der Waals surface area (Å²) in [7, 11) is 1.63. The van der Waals surface area contributed by atoms with E-state index in [4.69, 9.17) is 9.47 Å². The molecule has 0 radical (unpaired) electrons. The van der Waals surface area contributed by atoms with Crippen molar-refractivity contribution in [2.45, 2.75) is 12.4 Å². The molecular formula is C21H19F3N2O2. The summed E-state index contributed by atoms with van der Waals surface area (Å²) in [5.41, 5.74) is 1.92. The first-order valence-electron chi connectivity index (χ1n) is 8.83. The molecule has 1 aliphatic rings. The molecule has 2 aromatic carbocycles. The van der Waals surface area contributed by atoms with Crippen molar-refractivity contribution in [3.8, 4) is 11.4 Å². The first kappa shape index (κ1) is 18.4. The Morgan fingerprint density at radius 2 is 1.82 bits per heavy atom. The van der Waals surface area contributed by atoms with E-state index in [1.807, 2.05) is 42.7 Å². The Morgan fingerprint density at radius 1 is 1.04 bits per heavy atom. The monoisotopic (exact) mass is 388 g/mol. The second-order valence-electron chi connectivity index (χ2n) is 6.51. The van der Waals surface area contributed by atoms with Crippen LogP contribution in [0.4, 0.5) is 18.9 Å². The molecule has 1 aromatic heterocycles. The maximum Gasteiger partial charge on any atom is 0.416 e. The Morgan fingerprint density at radius 3 is 2.54 bits per heavy atom. The van der Waals surface area contributed by atoms with Crippen LogP contribution in [0, 0.1) is 0 Å². The molecule has 3 aromatic rings. The van der Waals surface area contributed by atoms with Crippen LogP contribution in [0.2, 0.25) is 0 Å². The van der Waals surface area contributed by atoms with Gasteiger partial charge in [0.1, 0.15) is 5.75 Å². The van der Waals surface area contributed by atoms with Crippen LogP contribution in [0.5, 0.6) is 5.75 Å². The minimum absolute atomic E-state index is 0.261. The third-order valence-electron chi connectivity index (χ3n) is 4.77. The van der Waals surface area contributed by atoms with Gasteiger partial charge in [-0.25, -0.2) is 0 Å². The number of alkyl halides is 3. The predicted octanol–water partition coefficient (Wildman–Crippen LogP) is 5.04. The molecule has 1 atom stereocenters. The van der Waals surface area contributed by atoms with E-state index in [0.717, 1.165) is 35.7 Å². The number of methoxy groups -OCH3 is 1. The third kappa shape index (κ3) is 3.57. The van der Waals surface area contributed by atoms with Crippen LogP contribution in [0.25, 0.3) is 5.69 Å². The van der Waals surface area contributed by atoms with Crippen molar-refractivity contribution in [1.29, 1.82) is 0 Å². The number of rotatable bonds is 4. The summed E-state index contributed by atoms with van der Waals surface area (Å²) in [6.45, 7) is 1.33. The van der Waals surface area contributed by atoms with E-state index in [1.54, 1.807) is 11.7 Å². The van der Waals surface area contributed by atoms with Crippen molar-refractivity contribution in [2.75, 3.05) is 25.2 Å². The highest BCUT2D eigenvalue weighted by atomic mass is 19.4. The Hall–Kier alpha value is -2.93. The molecule has 0 aliphatic carbocycles. The van der Waals surface area contributed by atoms with Crippen LogP contribution in [-0.2, 0) is 10.9 Å². The number of hydrogen-bond acceptors (Lipinski definition) is 3. The highest BCUT2D eigenvalue weighted by Crippen LogP contribution is 2.34. The van der Waals surface area contributed by atoms with Gasteiger partial charge in [-0.2, -0.15) is 13.2 Å². The molecule has 1 aliphatic heterocycles. The lowest BCUT2D eigenvalue weighted by atomic mass is 10.2. The fourth-order valence-electron chi connectivity index (χ4n) is 3.34. The standard InChI is InChI=1S/C21H19F3N2O2/c1-27-19-4-2-3-18(13-19)26-11-12-28-20(26)15-9-10-25(14-15)17-7-5-16(6-8-17)21(22,23)24/h2-10,13-14,20H,11-12H2,1H3/t20-/m0/s1. The lowest BCUT2D eigenvalue weighted by Crippen LogP contribution is -2.22. The summed E-state index contributed by atoms with van der Waals surface area (Å²) in [5.74, 6) is 0.769. The average Bonchev–Trinajstić information content (AvgIpc) is 3.37. The third-order valence-corrected chi connectivity index (χ3v) is 4.77. The van der Waals surface area contributed by atoms with Gasteiger partial charge in [-0.3, -0.25) is 0 Å². The first-order valence-corrected chi connectivity index (χ1v) is 8.83. The van der Waals surface area contributed by atoms with Crippen molar-refractivity contribution in [2.24, 2.45) is 0 Å². The summed E-state index contributed by atoms with van der Waals surface area (Å²) in [5, 5.41) is 0. The quantitative estimate of drug-likeness (QED) is 0.627. The molecule has 0 spiro atoms. The SMILES string of the molecule is COc1cccc(N2CCO[C@H]2c2ccn(-c3ccc(C(F)(F)F)cc3)c2)c1. The molecule has 4 rings (SSSR count). The molecule has 4 nitrogen and oxygen atoms in total. The Kier molecular flexibility index (Phi) is 4.77. The number of ether oxygens (including phenoxy) is 2. The first-order chi connectivity index (χ1) is 13.5. The fourth-order valence-corrected chi connectivity index (χ4v) is 3.34. The fraction of sp³-hybridized carbons (Fsp3) is 0.238. The minimum Gasteiger partial charge on any atom is -0.497 e. The summed E-state index contributed by atoms with van der Waals surface area (Å²) in [6.07, 6.45) is -0.896. The second kappa shape index (κ2) is 7.24. The number of hydrogen-bond donors (Lipinski definition) is 0. The molecule has 0 amide bonds. The molecule has 0 saturated carbocycles. The summed E-state index contributed by atoms with van der Waals surface area (Å²) < 4.78 is 51.3. The number of anilines is 1. The number of aromatic nitrogens is 1. The van der Waals surface area contributed by atoms with Crippen molar-refractivity contribution in [3.63, 3.8) is 0 Å². The van der Waals surface area contributed by atoms with Crippen LogP contribution in [0.15, 0.2) is 67.0 Å². The van der Waals surface area contributed by atoms with Crippen molar-refractivity contribution >= 4 is 5.69 Å². The van der Waals surface area contributed by atoms with E-state index in [2.05, 4.69) is 4.90 Å². The molecule has 28 heavy (non-hydrogen) atoms. The van der Waals surface area contributed by atoms with E-state index >= 15 is 0 Å². The topological polar surface area (TPSA) is 26.6 Å². The van der Waals surface area contributed by atoms with Gasteiger partial charge >= 0.3 is 6.18 Å². The van der Waals surface area contributed by atoms with Gasteiger partial charge in [-0.1, -0.05) is 6.07 Å². The van der Waals surface area contributed by atoms with Crippen molar-refractivity contribution < 1.29 is 22.6 Å².